The molecular formula is C13H22N2O4. The Kier molecular flexibility index (Phi) is 6.01. The average Bonchev–Trinajstić information content (AvgIpc) is 2.78. The summed E-state index contributed by atoms with van der Waals surface area (Å²) in [6.07, 6.45) is 1.14. The molecule has 0 aliphatic heterocycles. The smallest absolute Gasteiger partial charge is 0.219 e. The Morgan fingerprint density at radius 3 is 2.95 bits per heavy atom. The van der Waals surface area contributed by atoms with Gasteiger partial charge >= 0.3 is 0 Å². The van der Waals surface area contributed by atoms with Gasteiger partial charge in [-0.15, -0.1) is 0 Å². The van der Waals surface area contributed by atoms with Gasteiger partial charge in [-0.25, -0.2) is 0 Å². The van der Waals surface area contributed by atoms with E-state index in [4.69, 9.17) is 14.9 Å². The summed E-state index contributed by atoms with van der Waals surface area (Å²) in [5.74, 6) is 0.343. The number of carbonyl (C=O) groups is 1. The van der Waals surface area contributed by atoms with Crippen molar-refractivity contribution >= 4 is 5.91 Å². The van der Waals surface area contributed by atoms with E-state index in [1.165, 1.54) is 0 Å². The fourth-order valence-corrected chi connectivity index (χ4v) is 1.64. The minimum atomic E-state index is -0.651. The highest BCUT2D eigenvalue weighted by molar-refractivity contribution is 5.74. The first kappa shape index (κ1) is 15.7. The number of primary amides is 1. The summed E-state index contributed by atoms with van der Waals surface area (Å²) in [4.78, 5) is 10.8. The Labute approximate surface area is 112 Å². The van der Waals surface area contributed by atoms with Crippen LogP contribution in [0, 0.1) is 0 Å². The lowest BCUT2D eigenvalue weighted by Crippen LogP contribution is -2.46. The monoisotopic (exact) mass is 270 g/mol. The largest absolute Gasteiger partial charge is 0.467 e. The van der Waals surface area contributed by atoms with Crippen LogP contribution in [0.3, 0.4) is 0 Å². The van der Waals surface area contributed by atoms with E-state index in [0.717, 1.165) is 0 Å². The molecule has 0 fully saturated rings. The third-order valence-electron chi connectivity index (χ3n) is 2.57. The molecule has 1 aromatic heterocycles. The maximum Gasteiger partial charge on any atom is 0.219 e. The molecular weight excluding hydrogens is 248 g/mol. The van der Waals surface area contributed by atoms with Gasteiger partial charge in [0.25, 0.3) is 0 Å². The number of ether oxygens (including phenoxy) is 1. The van der Waals surface area contributed by atoms with Gasteiger partial charge in [0.05, 0.1) is 19.0 Å². The van der Waals surface area contributed by atoms with Crippen LogP contribution < -0.4 is 11.1 Å². The van der Waals surface area contributed by atoms with E-state index in [2.05, 4.69) is 5.32 Å². The fourth-order valence-electron chi connectivity index (χ4n) is 1.64. The number of hydrogen-bond donors (Lipinski definition) is 3. The summed E-state index contributed by atoms with van der Waals surface area (Å²) in [7, 11) is 0. The van der Waals surface area contributed by atoms with E-state index < -0.39 is 11.6 Å². The van der Waals surface area contributed by atoms with Crippen molar-refractivity contribution in [3.8, 4) is 0 Å². The molecule has 0 aliphatic carbocycles. The lowest BCUT2D eigenvalue weighted by molar-refractivity contribution is -0.119. The van der Waals surface area contributed by atoms with Crippen molar-refractivity contribution in [3.63, 3.8) is 0 Å². The van der Waals surface area contributed by atoms with Crippen molar-refractivity contribution in [2.75, 3.05) is 13.2 Å². The first-order valence-electron chi connectivity index (χ1n) is 6.20. The van der Waals surface area contributed by atoms with Crippen molar-refractivity contribution in [1.29, 1.82) is 0 Å². The van der Waals surface area contributed by atoms with E-state index in [9.17, 15) is 9.90 Å². The normalized spacial score (nSPS) is 13.4. The molecule has 1 heterocycles. The highest BCUT2D eigenvalue weighted by atomic mass is 16.5. The minimum Gasteiger partial charge on any atom is -0.467 e. The number of β-amino-alcohol motifs (C(OH)–C–C–N with tert-alkyl or cyclic N) is 1. The Hall–Kier alpha value is -1.37. The van der Waals surface area contributed by atoms with Gasteiger partial charge < -0.3 is 25.3 Å². The molecule has 0 saturated carbocycles. The van der Waals surface area contributed by atoms with Gasteiger partial charge in [0.2, 0.25) is 5.91 Å². The number of hydrogen-bond acceptors (Lipinski definition) is 5. The highest BCUT2D eigenvalue weighted by Gasteiger charge is 2.20. The van der Waals surface area contributed by atoms with Gasteiger partial charge in [0, 0.05) is 18.5 Å². The molecule has 1 unspecified atom stereocenters. The molecule has 0 aliphatic rings. The maximum atomic E-state index is 10.8. The summed E-state index contributed by atoms with van der Waals surface area (Å²) < 4.78 is 10.4. The molecule has 0 aromatic carbocycles. The molecule has 0 spiro atoms. The topological polar surface area (TPSA) is 97.7 Å². The van der Waals surface area contributed by atoms with Gasteiger partial charge in [0.15, 0.2) is 0 Å². The predicted molar refractivity (Wildman–Crippen MR) is 70.3 cm³/mol. The van der Waals surface area contributed by atoms with Crippen molar-refractivity contribution in [3.05, 3.63) is 24.2 Å². The fraction of sp³-hybridized carbons (Fsp3) is 0.615. The molecule has 108 valence electrons. The van der Waals surface area contributed by atoms with Crippen LogP contribution in [0.4, 0.5) is 0 Å². The van der Waals surface area contributed by atoms with Crippen molar-refractivity contribution < 1.29 is 19.1 Å². The molecule has 1 amide bonds. The molecule has 6 nitrogen and oxygen atoms in total. The maximum absolute atomic E-state index is 10.8. The number of aliphatic hydroxyl groups is 1. The summed E-state index contributed by atoms with van der Waals surface area (Å²) in [5.41, 5.74) is 4.71. The first-order chi connectivity index (χ1) is 8.89. The Balaban J connectivity index is 2.16. The number of amides is 1. The molecule has 1 aromatic rings. The van der Waals surface area contributed by atoms with Crippen molar-refractivity contribution in [2.24, 2.45) is 5.73 Å². The summed E-state index contributed by atoms with van der Waals surface area (Å²) >= 11 is 0. The molecule has 1 atom stereocenters. The van der Waals surface area contributed by atoms with Crippen LogP contribution in [-0.4, -0.2) is 35.8 Å². The van der Waals surface area contributed by atoms with Gasteiger partial charge in [-0.2, -0.15) is 0 Å². The van der Waals surface area contributed by atoms with Crippen LogP contribution in [-0.2, 0) is 16.1 Å². The van der Waals surface area contributed by atoms with E-state index >= 15 is 0 Å². The third-order valence-corrected chi connectivity index (χ3v) is 2.57. The lowest BCUT2D eigenvalue weighted by Gasteiger charge is -2.26. The summed E-state index contributed by atoms with van der Waals surface area (Å²) in [6.45, 7) is 4.57. The van der Waals surface area contributed by atoms with Crippen LogP contribution in [0.5, 0.6) is 0 Å². The Morgan fingerprint density at radius 2 is 2.37 bits per heavy atom. The number of carbonyl (C=O) groups excluding carboxylic acids is 1. The van der Waals surface area contributed by atoms with Crippen molar-refractivity contribution in [1.82, 2.24) is 5.32 Å². The molecule has 0 saturated heterocycles. The Morgan fingerprint density at radius 1 is 1.63 bits per heavy atom. The summed E-state index contributed by atoms with van der Waals surface area (Å²) in [6, 6.07) is 3.59. The van der Waals surface area contributed by atoms with Crippen LogP contribution in [0.1, 0.15) is 26.0 Å². The molecule has 0 radical (unpaired) electrons. The molecule has 0 bridgehead atoms. The second-order valence-electron chi connectivity index (χ2n) is 5.16. The van der Waals surface area contributed by atoms with E-state index in [1.54, 1.807) is 18.4 Å². The molecule has 1 rings (SSSR count). The number of rotatable bonds is 9. The number of nitrogens with one attached hydrogen (secondary N) is 1. The predicted octanol–water partition coefficient (Wildman–Crippen LogP) is 0.401. The highest BCUT2D eigenvalue weighted by Crippen LogP contribution is 2.07. The van der Waals surface area contributed by atoms with Gasteiger partial charge in [-0.1, -0.05) is 0 Å². The molecule has 6 heteroatoms. The van der Waals surface area contributed by atoms with Crippen LogP contribution in [0.25, 0.3) is 0 Å². The zero-order valence-corrected chi connectivity index (χ0v) is 11.4. The van der Waals surface area contributed by atoms with E-state index in [1.807, 2.05) is 13.8 Å². The van der Waals surface area contributed by atoms with E-state index in [0.29, 0.717) is 18.9 Å². The van der Waals surface area contributed by atoms with Crippen LogP contribution in [0.2, 0.25) is 0 Å². The number of furan rings is 1. The summed E-state index contributed by atoms with van der Waals surface area (Å²) in [5, 5.41) is 12.8. The number of nitrogens with two attached hydrogens (primary N) is 1. The lowest BCUT2D eigenvalue weighted by atomic mass is 10.0. The van der Waals surface area contributed by atoms with Gasteiger partial charge in [-0.05, 0) is 26.0 Å². The van der Waals surface area contributed by atoms with Gasteiger partial charge in [0.1, 0.15) is 12.4 Å². The second kappa shape index (κ2) is 7.28. The SMILES string of the molecule is CC(C)(CC(N)=O)NCC(O)COCc1ccco1. The zero-order valence-electron chi connectivity index (χ0n) is 11.4. The number of aliphatic hydroxyl groups excluding tert-OH is 1. The van der Waals surface area contributed by atoms with Crippen LogP contribution in [0.15, 0.2) is 22.8 Å². The molecule has 19 heavy (non-hydrogen) atoms. The first-order valence-corrected chi connectivity index (χ1v) is 6.20. The standard InChI is InChI=1S/C13H22N2O4/c1-13(2,6-12(14)17)15-7-10(16)8-18-9-11-4-3-5-19-11/h3-5,10,15-16H,6-9H2,1-2H3,(H2,14,17). The van der Waals surface area contributed by atoms with E-state index in [-0.39, 0.29) is 18.9 Å². The Bertz CT molecular complexity index is 376. The second-order valence-corrected chi connectivity index (χ2v) is 5.16. The average molecular weight is 270 g/mol. The minimum absolute atomic E-state index is 0.195. The molecule has 4 N–H and O–H groups in total. The third kappa shape index (κ3) is 6.95. The van der Waals surface area contributed by atoms with Crippen molar-refractivity contribution in [2.45, 2.75) is 38.5 Å². The van der Waals surface area contributed by atoms with Gasteiger partial charge in [-0.3, -0.25) is 4.79 Å². The quantitative estimate of drug-likeness (QED) is 0.603. The van der Waals surface area contributed by atoms with Crippen LogP contribution >= 0.6 is 0 Å². The zero-order chi connectivity index (χ0) is 14.3.